The molecule has 0 atom stereocenters. The molecule has 3 rings (SSSR count). The summed E-state index contributed by atoms with van der Waals surface area (Å²) >= 11 is 1.47. The molecule has 16 heavy (non-hydrogen) atoms. The molecule has 0 aliphatic heterocycles. The highest BCUT2D eigenvalue weighted by Crippen LogP contribution is 2.24. The molecule has 3 heterocycles. The first-order valence-corrected chi connectivity index (χ1v) is 5.46. The SMILES string of the molecule is Cc1nnc2sc(-c3ccc(N)nc3)nn12. The van der Waals surface area contributed by atoms with E-state index in [1.54, 1.807) is 16.8 Å². The van der Waals surface area contributed by atoms with Crippen molar-refractivity contribution < 1.29 is 0 Å². The molecule has 0 aliphatic rings. The van der Waals surface area contributed by atoms with Gasteiger partial charge in [-0.1, -0.05) is 11.3 Å². The second kappa shape index (κ2) is 3.24. The summed E-state index contributed by atoms with van der Waals surface area (Å²) in [7, 11) is 0. The molecule has 0 fully saturated rings. The lowest BCUT2D eigenvalue weighted by Gasteiger charge is -1.94. The van der Waals surface area contributed by atoms with Crippen LogP contribution in [0.4, 0.5) is 5.82 Å². The molecular formula is C9H8N6S. The highest BCUT2D eigenvalue weighted by Gasteiger charge is 2.10. The minimum Gasteiger partial charge on any atom is -0.384 e. The van der Waals surface area contributed by atoms with E-state index in [0.29, 0.717) is 5.82 Å². The quantitative estimate of drug-likeness (QED) is 0.680. The van der Waals surface area contributed by atoms with Crippen LogP contribution in [0.15, 0.2) is 18.3 Å². The van der Waals surface area contributed by atoms with E-state index >= 15 is 0 Å². The fourth-order valence-electron chi connectivity index (χ4n) is 1.36. The van der Waals surface area contributed by atoms with E-state index in [2.05, 4.69) is 20.3 Å². The minimum atomic E-state index is 0.503. The third-order valence-corrected chi connectivity index (χ3v) is 3.13. The number of nitrogens with two attached hydrogens (primary N) is 1. The second-order valence-corrected chi connectivity index (χ2v) is 4.28. The average molecular weight is 232 g/mol. The molecule has 0 aromatic carbocycles. The van der Waals surface area contributed by atoms with Gasteiger partial charge in [0.15, 0.2) is 5.82 Å². The highest BCUT2D eigenvalue weighted by molar-refractivity contribution is 7.19. The molecular weight excluding hydrogens is 224 g/mol. The van der Waals surface area contributed by atoms with Crippen molar-refractivity contribution in [3.05, 3.63) is 24.2 Å². The van der Waals surface area contributed by atoms with Crippen molar-refractivity contribution in [1.29, 1.82) is 0 Å². The fourth-order valence-corrected chi connectivity index (χ4v) is 2.24. The Hall–Kier alpha value is -2.02. The first kappa shape index (κ1) is 9.22. The topological polar surface area (TPSA) is 82.0 Å². The minimum absolute atomic E-state index is 0.503. The lowest BCUT2D eigenvalue weighted by molar-refractivity contribution is 0.897. The summed E-state index contributed by atoms with van der Waals surface area (Å²) in [6, 6.07) is 3.65. The molecule has 0 spiro atoms. The average Bonchev–Trinajstić information content (AvgIpc) is 2.83. The number of pyridine rings is 1. The monoisotopic (exact) mass is 232 g/mol. The van der Waals surface area contributed by atoms with Crippen LogP contribution in [-0.2, 0) is 0 Å². The van der Waals surface area contributed by atoms with Crippen LogP contribution in [0.3, 0.4) is 0 Å². The van der Waals surface area contributed by atoms with Gasteiger partial charge in [0.05, 0.1) is 0 Å². The summed E-state index contributed by atoms with van der Waals surface area (Å²) in [4.78, 5) is 4.81. The van der Waals surface area contributed by atoms with E-state index in [0.717, 1.165) is 21.4 Å². The number of aromatic nitrogens is 5. The third-order valence-electron chi connectivity index (χ3n) is 2.18. The van der Waals surface area contributed by atoms with E-state index in [1.807, 2.05) is 13.0 Å². The van der Waals surface area contributed by atoms with E-state index in [9.17, 15) is 0 Å². The van der Waals surface area contributed by atoms with Crippen molar-refractivity contribution in [2.45, 2.75) is 6.92 Å². The van der Waals surface area contributed by atoms with Crippen LogP contribution in [0.25, 0.3) is 15.5 Å². The van der Waals surface area contributed by atoms with Crippen LogP contribution in [-0.4, -0.2) is 24.8 Å². The Labute approximate surface area is 94.8 Å². The van der Waals surface area contributed by atoms with E-state index < -0.39 is 0 Å². The van der Waals surface area contributed by atoms with Crippen LogP contribution < -0.4 is 5.73 Å². The molecule has 3 aromatic heterocycles. The number of hydrogen-bond donors (Lipinski definition) is 1. The van der Waals surface area contributed by atoms with Gasteiger partial charge in [0, 0.05) is 11.8 Å². The Kier molecular flexibility index (Phi) is 1.87. The molecule has 0 aliphatic carbocycles. The van der Waals surface area contributed by atoms with Gasteiger partial charge in [-0.05, 0) is 19.1 Å². The van der Waals surface area contributed by atoms with Gasteiger partial charge in [0.25, 0.3) is 0 Å². The van der Waals surface area contributed by atoms with Crippen molar-refractivity contribution in [2.75, 3.05) is 5.73 Å². The summed E-state index contributed by atoms with van der Waals surface area (Å²) in [5, 5.41) is 13.2. The fraction of sp³-hybridized carbons (Fsp3) is 0.111. The second-order valence-electron chi connectivity index (χ2n) is 3.32. The Morgan fingerprint density at radius 2 is 2.19 bits per heavy atom. The van der Waals surface area contributed by atoms with Gasteiger partial charge in [-0.2, -0.15) is 9.61 Å². The number of hydrogen-bond acceptors (Lipinski definition) is 6. The maximum atomic E-state index is 5.53. The molecule has 7 heteroatoms. The van der Waals surface area contributed by atoms with Crippen molar-refractivity contribution in [1.82, 2.24) is 24.8 Å². The summed E-state index contributed by atoms with van der Waals surface area (Å²) in [5.74, 6) is 1.28. The number of fused-ring (bicyclic) bond motifs is 1. The molecule has 0 radical (unpaired) electrons. The van der Waals surface area contributed by atoms with Crippen LogP contribution in [0.1, 0.15) is 5.82 Å². The van der Waals surface area contributed by atoms with E-state index in [1.165, 1.54) is 11.3 Å². The molecule has 3 aromatic rings. The van der Waals surface area contributed by atoms with E-state index in [-0.39, 0.29) is 0 Å². The zero-order chi connectivity index (χ0) is 11.1. The van der Waals surface area contributed by atoms with Crippen molar-refractivity contribution in [3.8, 4) is 10.6 Å². The van der Waals surface area contributed by atoms with Gasteiger partial charge in [-0.15, -0.1) is 10.2 Å². The number of aryl methyl sites for hydroxylation is 1. The Balaban J connectivity index is 2.15. The largest absolute Gasteiger partial charge is 0.384 e. The summed E-state index contributed by atoms with van der Waals surface area (Å²) < 4.78 is 1.72. The van der Waals surface area contributed by atoms with Gasteiger partial charge >= 0.3 is 0 Å². The zero-order valence-electron chi connectivity index (χ0n) is 8.45. The molecule has 2 N–H and O–H groups in total. The van der Waals surface area contributed by atoms with Gasteiger partial charge < -0.3 is 5.73 Å². The summed E-state index contributed by atoms with van der Waals surface area (Å²) in [5.41, 5.74) is 6.46. The van der Waals surface area contributed by atoms with Crippen LogP contribution in [0, 0.1) is 6.92 Å². The first-order valence-electron chi connectivity index (χ1n) is 4.65. The van der Waals surface area contributed by atoms with Crippen molar-refractivity contribution in [3.63, 3.8) is 0 Å². The molecule has 0 bridgehead atoms. The number of rotatable bonds is 1. The Morgan fingerprint density at radius 3 is 2.88 bits per heavy atom. The lowest BCUT2D eigenvalue weighted by atomic mass is 10.3. The molecule has 0 amide bonds. The molecule has 80 valence electrons. The first-order chi connectivity index (χ1) is 7.74. The van der Waals surface area contributed by atoms with E-state index in [4.69, 9.17) is 5.73 Å². The van der Waals surface area contributed by atoms with Gasteiger partial charge in [-0.25, -0.2) is 4.98 Å². The summed E-state index contributed by atoms with van der Waals surface area (Å²) in [6.45, 7) is 1.87. The van der Waals surface area contributed by atoms with Gasteiger partial charge in [0.1, 0.15) is 10.8 Å². The number of nitrogens with zero attached hydrogens (tertiary/aromatic N) is 5. The lowest BCUT2D eigenvalue weighted by Crippen LogP contribution is -1.91. The highest BCUT2D eigenvalue weighted by atomic mass is 32.1. The van der Waals surface area contributed by atoms with Crippen molar-refractivity contribution in [2.24, 2.45) is 0 Å². The van der Waals surface area contributed by atoms with Gasteiger partial charge in [0.2, 0.25) is 4.96 Å². The van der Waals surface area contributed by atoms with Crippen molar-refractivity contribution >= 4 is 22.1 Å². The normalized spacial score (nSPS) is 11.1. The van der Waals surface area contributed by atoms with Crippen LogP contribution in [0.2, 0.25) is 0 Å². The predicted octanol–water partition coefficient (Wildman–Crippen LogP) is 1.14. The molecule has 0 saturated heterocycles. The Morgan fingerprint density at radius 1 is 1.31 bits per heavy atom. The smallest absolute Gasteiger partial charge is 0.234 e. The van der Waals surface area contributed by atoms with Gasteiger partial charge in [-0.3, -0.25) is 0 Å². The molecule has 6 nitrogen and oxygen atoms in total. The maximum Gasteiger partial charge on any atom is 0.234 e. The maximum absolute atomic E-state index is 5.53. The zero-order valence-corrected chi connectivity index (χ0v) is 9.27. The van der Waals surface area contributed by atoms with Crippen LogP contribution in [0.5, 0.6) is 0 Å². The third kappa shape index (κ3) is 1.33. The predicted molar refractivity (Wildman–Crippen MR) is 61.0 cm³/mol. The standard InChI is InChI=1S/C9H8N6S/c1-5-12-13-9-15(5)14-8(16-9)6-2-3-7(10)11-4-6/h2-4H,1H3,(H2,10,11). The summed E-state index contributed by atoms with van der Waals surface area (Å²) in [6.07, 6.45) is 1.70. The van der Waals surface area contributed by atoms with Crippen LogP contribution >= 0.6 is 11.3 Å². The number of anilines is 1. The molecule has 0 saturated carbocycles. The molecule has 0 unspecified atom stereocenters. The Bertz CT molecular complexity index is 638. The number of nitrogen functional groups attached to an aromatic ring is 1.